The zero-order valence-electron chi connectivity index (χ0n) is 8.90. The lowest BCUT2D eigenvalue weighted by atomic mass is 10.2. The largest absolute Gasteiger partial charge is 0.332 e. The van der Waals surface area contributed by atoms with Gasteiger partial charge in [0.15, 0.2) is 0 Å². The third-order valence-electron chi connectivity index (χ3n) is 2.50. The maximum atomic E-state index is 11.4. The fourth-order valence-corrected chi connectivity index (χ4v) is 1.65. The molecule has 0 aromatic heterocycles. The van der Waals surface area contributed by atoms with E-state index in [1.54, 1.807) is 0 Å². The van der Waals surface area contributed by atoms with E-state index in [2.05, 4.69) is 10.2 Å². The van der Waals surface area contributed by atoms with Crippen LogP contribution in [0.4, 0.5) is 5.69 Å². The maximum absolute atomic E-state index is 11.4. The SMILES string of the molecule is CC1=CN(c2ccccc2)C(C)NC1=O. The lowest BCUT2D eigenvalue weighted by Gasteiger charge is -2.32. The zero-order valence-corrected chi connectivity index (χ0v) is 8.90. The Hall–Kier alpha value is -1.77. The van der Waals surface area contributed by atoms with Gasteiger partial charge >= 0.3 is 0 Å². The summed E-state index contributed by atoms with van der Waals surface area (Å²) in [5.74, 6) is 0.00896. The Labute approximate surface area is 89.4 Å². The lowest BCUT2D eigenvalue weighted by Crippen LogP contribution is -2.48. The number of rotatable bonds is 1. The summed E-state index contributed by atoms with van der Waals surface area (Å²) < 4.78 is 0. The normalized spacial score (nSPS) is 20.9. The molecule has 1 N–H and O–H groups in total. The fraction of sp³-hybridized carbons (Fsp3) is 0.250. The molecule has 15 heavy (non-hydrogen) atoms. The van der Waals surface area contributed by atoms with Crippen molar-refractivity contribution in [2.45, 2.75) is 20.0 Å². The van der Waals surface area contributed by atoms with Gasteiger partial charge in [0.05, 0.1) is 0 Å². The highest BCUT2D eigenvalue weighted by Crippen LogP contribution is 2.19. The summed E-state index contributed by atoms with van der Waals surface area (Å²) in [6, 6.07) is 10.0. The second kappa shape index (κ2) is 3.77. The third kappa shape index (κ3) is 1.86. The Morgan fingerprint density at radius 3 is 2.60 bits per heavy atom. The number of para-hydroxylation sites is 1. The standard InChI is InChI=1S/C12H14N2O/c1-9-8-14(10(2)13-12(9)15)11-6-4-3-5-7-11/h3-8,10H,1-2H3,(H,13,15). The van der Waals surface area contributed by atoms with Crippen LogP contribution in [0.3, 0.4) is 0 Å². The van der Waals surface area contributed by atoms with Crippen molar-refractivity contribution in [3.05, 3.63) is 42.1 Å². The molecule has 0 radical (unpaired) electrons. The highest BCUT2D eigenvalue weighted by atomic mass is 16.2. The van der Waals surface area contributed by atoms with Gasteiger partial charge in [-0.25, -0.2) is 0 Å². The monoisotopic (exact) mass is 202 g/mol. The summed E-state index contributed by atoms with van der Waals surface area (Å²) in [6.45, 7) is 3.78. The Kier molecular flexibility index (Phi) is 2.46. The second-order valence-electron chi connectivity index (χ2n) is 3.70. The van der Waals surface area contributed by atoms with Gasteiger partial charge < -0.3 is 10.2 Å². The van der Waals surface area contributed by atoms with Crippen molar-refractivity contribution in [3.8, 4) is 0 Å². The average molecular weight is 202 g/mol. The number of hydrogen-bond donors (Lipinski definition) is 1. The Bertz CT molecular complexity index is 397. The minimum Gasteiger partial charge on any atom is -0.332 e. The van der Waals surface area contributed by atoms with Crippen LogP contribution in [0.25, 0.3) is 0 Å². The molecule has 2 rings (SSSR count). The van der Waals surface area contributed by atoms with Crippen LogP contribution < -0.4 is 10.2 Å². The Morgan fingerprint density at radius 1 is 1.27 bits per heavy atom. The Balaban J connectivity index is 2.34. The van der Waals surface area contributed by atoms with Crippen molar-refractivity contribution < 1.29 is 4.79 Å². The first-order valence-corrected chi connectivity index (χ1v) is 5.01. The number of carbonyl (C=O) groups is 1. The molecule has 0 saturated heterocycles. The number of hydrogen-bond acceptors (Lipinski definition) is 2. The highest BCUT2D eigenvalue weighted by molar-refractivity contribution is 5.95. The van der Waals surface area contributed by atoms with Gasteiger partial charge in [0, 0.05) is 17.5 Å². The summed E-state index contributed by atoms with van der Waals surface area (Å²) in [5, 5.41) is 2.90. The summed E-state index contributed by atoms with van der Waals surface area (Å²) in [6.07, 6.45) is 1.89. The van der Waals surface area contributed by atoms with Crippen molar-refractivity contribution in [3.63, 3.8) is 0 Å². The highest BCUT2D eigenvalue weighted by Gasteiger charge is 2.21. The first-order chi connectivity index (χ1) is 7.18. The molecule has 0 fully saturated rings. The van der Waals surface area contributed by atoms with Gasteiger partial charge in [-0.15, -0.1) is 0 Å². The fourth-order valence-electron chi connectivity index (χ4n) is 1.65. The molecule has 78 valence electrons. The predicted molar refractivity (Wildman–Crippen MR) is 60.3 cm³/mol. The van der Waals surface area contributed by atoms with E-state index in [9.17, 15) is 4.79 Å². The topological polar surface area (TPSA) is 32.3 Å². The number of benzene rings is 1. The van der Waals surface area contributed by atoms with Crippen LogP contribution >= 0.6 is 0 Å². The molecule has 1 unspecified atom stereocenters. The van der Waals surface area contributed by atoms with E-state index < -0.39 is 0 Å². The molecule has 1 aromatic carbocycles. The van der Waals surface area contributed by atoms with Crippen LogP contribution in [0.5, 0.6) is 0 Å². The van der Waals surface area contributed by atoms with E-state index in [0.717, 1.165) is 11.3 Å². The first-order valence-electron chi connectivity index (χ1n) is 5.01. The number of anilines is 1. The Morgan fingerprint density at radius 2 is 1.93 bits per heavy atom. The molecule has 0 aliphatic carbocycles. The minimum absolute atomic E-state index is 0.00333. The molecule has 0 saturated carbocycles. The third-order valence-corrected chi connectivity index (χ3v) is 2.50. The van der Waals surface area contributed by atoms with E-state index in [0.29, 0.717) is 0 Å². The van der Waals surface area contributed by atoms with E-state index in [1.165, 1.54) is 0 Å². The predicted octanol–water partition coefficient (Wildman–Crippen LogP) is 1.87. The van der Waals surface area contributed by atoms with Crippen molar-refractivity contribution >= 4 is 11.6 Å². The lowest BCUT2D eigenvalue weighted by molar-refractivity contribution is -0.118. The molecular weight excluding hydrogens is 188 g/mol. The van der Waals surface area contributed by atoms with Crippen LogP contribution in [0.15, 0.2) is 42.1 Å². The summed E-state index contributed by atoms with van der Waals surface area (Å²) in [7, 11) is 0. The quantitative estimate of drug-likeness (QED) is 0.754. The van der Waals surface area contributed by atoms with Gasteiger partial charge in [-0.2, -0.15) is 0 Å². The number of amides is 1. The van der Waals surface area contributed by atoms with Crippen molar-refractivity contribution in [1.29, 1.82) is 0 Å². The van der Waals surface area contributed by atoms with Gasteiger partial charge in [-0.1, -0.05) is 18.2 Å². The molecular formula is C12H14N2O. The van der Waals surface area contributed by atoms with Crippen LogP contribution in [-0.4, -0.2) is 12.1 Å². The molecule has 0 spiro atoms. The zero-order chi connectivity index (χ0) is 10.8. The molecule has 1 aromatic rings. The van der Waals surface area contributed by atoms with Crippen LogP contribution in [-0.2, 0) is 4.79 Å². The molecule has 3 nitrogen and oxygen atoms in total. The summed E-state index contributed by atoms with van der Waals surface area (Å²) in [4.78, 5) is 13.4. The van der Waals surface area contributed by atoms with Gasteiger partial charge in [0.1, 0.15) is 6.17 Å². The molecule has 1 aliphatic rings. The van der Waals surface area contributed by atoms with E-state index >= 15 is 0 Å². The summed E-state index contributed by atoms with van der Waals surface area (Å²) in [5.41, 5.74) is 1.82. The average Bonchev–Trinajstić information content (AvgIpc) is 2.25. The number of nitrogens with zero attached hydrogens (tertiary/aromatic N) is 1. The molecule has 1 aliphatic heterocycles. The van der Waals surface area contributed by atoms with Crippen LogP contribution in [0.2, 0.25) is 0 Å². The van der Waals surface area contributed by atoms with E-state index in [4.69, 9.17) is 0 Å². The maximum Gasteiger partial charge on any atom is 0.249 e. The molecule has 1 heterocycles. The molecule has 1 amide bonds. The van der Waals surface area contributed by atoms with E-state index in [1.807, 2.05) is 50.4 Å². The van der Waals surface area contributed by atoms with Crippen LogP contribution in [0, 0.1) is 0 Å². The molecule has 1 atom stereocenters. The second-order valence-corrected chi connectivity index (χ2v) is 3.70. The van der Waals surface area contributed by atoms with Crippen molar-refractivity contribution in [2.75, 3.05) is 4.90 Å². The summed E-state index contributed by atoms with van der Waals surface area (Å²) >= 11 is 0. The van der Waals surface area contributed by atoms with E-state index in [-0.39, 0.29) is 12.1 Å². The van der Waals surface area contributed by atoms with Crippen LogP contribution in [0.1, 0.15) is 13.8 Å². The van der Waals surface area contributed by atoms with Crippen molar-refractivity contribution in [2.24, 2.45) is 0 Å². The first kappa shape index (κ1) is 9.77. The number of carbonyl (C=O) groups excluding carboxylic acids is 1. The van der Waals surface area contributed by atoms with Crippen molar-refractivity contribution in [1.82, 2.24) is 5.32 Å². The van der Waals surface area contributed by atoms with Gasteiger partial charge in [-0.05, 0) is 26.0 Å². The van der Waals surface area contributed by atoms with Gasteiger partial charge in [0.2, 0.25) is 5.91 Å². The van der Waals surface area contributed by atoms with Gasteiger partial charge in [0.25, 0.3) is 0 Å². The van der Waals surface area contributed by atoms with Gasteiger partial charge in [-0.3, -0.25) is 4.79 Å². The number of nitrogens with one attached hydrogen (secondary N) is 1. The smallest absolute Gasteiger partial charge is 0.249 e. The molecule has 0 bridgehead atoms. The molecule has 3 heteroatoms. The minimum atomic E-state index is 0.00333.